The van der Waals surface area contributed by atoms with Gasteiger partial charge >= 0.3 is 0 Å². The van der Waals surface area contributed by atoms with E-state index in [1.54, 1.807) is 6.26 Å². The third kappa shape index (κ3) is 2.26. The molecule has 0 atom stereocenters. The van der Waals surface area contributed by atoms with Gasteiger partial charge in [-0.25, -0.2) is 4.39 Å². The molecular weight excluding hydrogens is 259 g/mol. The van der Waals surface area contributed by atoms with Gasteiger partial charge in [0.2, 0.25) is 0 Å². The highest BCUT2D eigenvalue weighted by molar-refractivity contribution is 9.10. The van der Waals surface area contributed by atoms with Crippen molar-refractivity contribution in [2.45, 2.75) is 0 Å². The molecule has 0 amide bonds. The van der Waals surface area contributed by atoms with Crippen LogP contribution in [0.2, 0.25) is 0 Å². The molecular formula is C7H8BrFN2OS. The van der Waals surface area contributed by atoms with Crippen molar-refractivity contribution >= 4 is 39.3 Å². The zero-order valence-electron chi connectivity index (χ0n) is 6.79. The van der Waals surface area contributed by atoms with E-state index in [1.807, 2.05) is 0 Å². The molecule has 0 aliphatic carbocycles. The largest absolute Gasteiger partial charge is 0.395 e. The summed E-state index contributed by atoms with van der Waals surface area (Å²) in [6.45, 7) is 0. The summed E-state index contributed by atoms with van der Waals surface area (Å²) >= 11 is 4.14. The third-order valence-electron chi connectivity index (χ3n) is 1.46. The fourth-order valence-electron chi connectivity index (χ4n) is 0.787. The van der Waals surface area contributed by atoms with Gasteiger partial charge in [-0.3, -0.25) is 5.21 Å². The topological polar surface area (TPSA) is 49.5 Å². The molecule has 0 aliphatic heterocycles. The molecule has 72 valence electrons. The summed E-state index contributed by atoms with van der Waals surface area (Å²) in [5.41, 5.74) is 5.74. The normalized spacial score (nSPS) is 10.2. The van der Waals surface area contributed by atoms with Gasteiger partial charge in [0.25, 0.3) is 0 Å². The Hall–Kier alpha value is -0.460. The Kier molecular flexibility index (Phi) is 3.40. The van der Waals surface area contributed by atoms with Gasteiger partial charge in [-0.15, -0.1) is 0 Å². The van der Waals surface area contributed by atoms with Gasteiger partial charge in [-0.05, 0) is 33.9 Å². The fraction of sp³-hybridized carbons (Fsp3) is 0.143. The second-order valence-electron chi connectivity index (χ2n) is 2.28. The van der Waals surface area contributed by atoms with Crippen molar-refractivity contribution < 1.29 is 9.60 Å². The van der Waals surface area contributed by atoms with Crippen LogP contribution in [0.25, 0.3) is 0 Å². The van der Waals surface area contributed by atoms with E-state index in [-0.39, 0.29) is 5.69 Å². The van der Waals surface area contributed by atoms with E-state index in [4.69, 9.17) is 5.73 Å². The molecule has 13 heavy (non-hydrogen) atoms. The Balaban J connectivity index is 3.13. The molecule has 6 heteroatoms. The highest BCUT2D eigenvalue weighted by Crippen LogP contribution is 2.29. The quantitative estimate of drug-likeness (QED) is 0.491. The van der Waals surface area contributed by atoms with Crippen LogP contribution in [0.5, 0.6) is 0 Å². The van der Waals surface area contributed by atoms with Crippen LogP contribution < -0.4 is 10.2 Å². The summed E-state index contributed by atoms with van der Waals surface area (Å²) in [5, 5.41) is 9.24. The Morgan fingerprint density at radius 1 is 1.62 bits per heavy atom. The molecule has 0 bridgehead atoms. The van der Waals surface area contributed by atoms with Gasteiger partial charge in [0, 0.05) is 16.8 Å². The first-order chi connectivity index (χ1) is 6.06. The van der Waals surface area contributed by atoms with E-state index >= 15 is 0 Å². The number of nitrogens with zero attached hydrogens (tertiary/aromatic N) is 1. The van der Waals surface area contributed by atoms with Crippen LogP contribution in [0.1, 0.15) is 0 Å². The van der Waals surface area contributed by atoms with Crippen LogP contribution >= 0.6 is 27.9 Å². The van der Waals surface area contributed by atoms with E-state index in [9.17, 15) is 9.60 Å². The van der Waals surface area contributed by atoms with Crippen LogP contribution in [0.15, 0.2) is 16.6 Å². The maximum absolute atomic E-state index is 13.0. The molecule has 1 rings (SSSR count). The molecule has 3 nitrogen and oxygen atoms in total. The van der Waals surface area contributed by atoms with Gasteiger partial charge in [-0.2, -0.15) is 4.47 Å². The van der Waals surface area contributed by atoms with Gasteiger partial charge in [0.1, 0.15) is 5.82 Å². The van der Waals surface area contributed by atoms with Crippen molar-refractivity contribution in [1.29, 1.82) is 0 Å². The summed E-state index contributed by atoms with van der Waals surface area (Å²) in [7, 11) is 0. The van der Waals surface area contributed by atoms with Gasteiger partial charge in [0.15, 0.2) is 0 Å². The highest BCUT2D eigenvalue weighted by Gasteiger charge is 2.09. The maximum Gasteiger partial charge on any atom is 0.149 e. The second kappa shape index (κ2) is 4.17. The minimum Gasteiger partial charge on any atom is -0.395 e. The summed E-state index contributed by atoms with van der Waals surface area (Å²) in [4.78, 5) is 0. The number of halogens is 2. The SMILES string of the molecule is CSN(O)c1cc(F)c(N)c(Br)c1. The highest BCUT2D eigenvalue weighted by atomic mass is 79.9. The first-order valence-corrected chi connectivity index (χ1v) is 5.31. The molecule has 0 saturated heterocycles. The molecule has 0 aliphatic rings. The predicted octanol–water partition coefficient (Wildman–Crippen LogP) is 2.64. The molecule has 0 unspecified atom stereocenters. The third-order valence-corrected chi connectivity index (χ3v) is 2.67. The monoisotopic (exact) mass is 266 g/mol. The van der Waals surface area contributed by atoms with E-state index in [1.165, 1.54) is 6.07 Å². The average Bonchev–Trinajstić information content (AvgIpc) is 2.12. The van der Waals surface area contributed by atoms with Crippen LogP contribution in [-0.2, 0) is 0 Å². The van der Waals surface area contributed by atoms with Crippen molar-refractivity contribution in [3.05, 3.63) is 22.4 Å². The van der Waals surface area contributed by atoms with Crippen LogP contribution in [0, 0.1) is 5.82 Å². The lowest BCUT2D eigenvalue weighted by Gasteiger charge is -2.13. The van der Waals surface area contributed by atoms with Crippen LogP contribution in [-0.4, -0.2) is 11.5 Å². The molecule has 0 heterocycles. The Bertz CT molecular complexity index is 300. The van der Waals surface area contributed by atoms with E-state index < -0.39 is 5.82 Å². The number of nitrogen functional groups attached to an aromatic ring is 1. The van der Waals surface area contributed by atoms with E-state index in [0.717, 1.165) is 22.5 Å². The number of rotatable bonds is 2. The summed E-state index contributed by atoms with van der Waals surface area (Å²) < 4.78 is 14.3. The molecule has 0 saturated carbocycles. The van der Waals surface area contributed by atoms with Gasteiger partial charge < -0.3 is 5.73 Å². The fourth-order valence-corrected chi connectivity index (χ4v) is 1.53. The summed E-state index contributed by atoms with van der Waals surface area (Å²) in [6, 6.07) is 2.70. The first-order valence-electron chi connectivity index (χ1n) is 3.34. The summed E-state index contributed by atoms with van der Waals surface area (Å²) in [5.74, 6) is -0.558. The standard InChI is InChI=1S/C7H8BrFN2OS/c1-13-11(12)4-2-5(8)7(10)6(9)3-4/h2-3,12H,10H2,1H3. The zero-order chi connectivity index (χ0) is 10.0. The smallest absolute Gasteiger partial charge is 0.149 e. The minimum atomic E-state index is -0.558. The lowest BCUT2D eigenvalue weighted by molar-refractivity contribution is 0.332. The number of hydrogen-bond acceptors (Lipinski definition) is 4. The Morgan fingerprint density at radius 3 is 2.69 bits per heavy atom. The minimum absolute atomic E-state index is 0.0400. The van der Waals surface area contributed by atoms with Crippen molar-refractivity contribution in [1.82, 2.24) is 0 Å². The number of hydrogen-bond donors (Lipinski definition) is 2. The number of anilines is 2. The molecule has 3 N–H and O–H groups in total. The molecule has 0 fully saturated rings. The van der Waals surface area contributed by atoms with Crippen LogP contribution in [0.3, 0.4) is 0 Å². The predicted molar refractivity (Wildman–Crippen MR) is 56.3 cm³/mol. The average molecular weight is 267 g/mol. The van der Waals surface area contributed by atoms with Crippen molar-refractivity contribution in [2.24, 2.45) is 0 Å². The molecule has 1 aromatic carbocycles. The molecule has 0 aromatic heterocycles. The first kappa shape index (κ1) is 10.6. The molecule has 0 radical (unpaired) electrons. The maximum atomic E-state index is 13.0. The van der Waals surface area contributed by atoms with Crippen molar-refractivity contribution in [3.8, 4) is 0 Å². The van der Waals surface area contributed by atoms with Crippen molar-refractivity contribution in [2.75, 3.05) is 16.5 Å². The lowest BCUT2D eigenvalue weighted by atomic mass is 10.3. The van der Waals surface area contributed by atoms with Gasteiger partial charge in [0.05, 0.1) is 11.4 Å². The molecule has 1 aromatic rings. The second-order valence-corrected chi connectivity index (χ2v) is 3.84. The Morgan fingerprint density at radius 2 is 2.23 bits per heavy atom. The zero-order valence-corrected chi connectivity index (χ0v) is 9.19. The van der Waals surface area contributed by atoms with E-state index in [0.29, 0.717) is 10.2 Å². The molecule has 0 spiro atoms. The lowest BCUT2D eigenvalue weighted by Crippen LogP contribution is -2.07. The van der Waals surface area contributed by atoms with Crippen LogP contribution in [0.4, 0.5) is 15.8 Å². The van der Waals surface area contributed by atoms with Crippen molar-refractivity contribution in [3.63, 3.8) is 0 Å². The van der Waals surface area contributed by atoms with E-state index in [2.05, 4.69) is 15.9 Å². The van der Waals surface area contributed by atoms with Gasteiger partial charge in [-0.1, -0.05) is 0 Å². The number of nitrogens with two attached hydrogens (primary N) is 1. The Labute approximate surface area is 87.9 Å². The summed E-state index contributed by atoms with van der Waals surface area (Å²) in [6.07, 6.45) is 1.67. The number of benzene rings is 1.